The van der Waals surface area contributed by atoms with Crippen molar-refractivity contribution in [3.8, 4) is 0 Å². The first-order valence-corrected chi connectivity index (χ1v) is 12.0. The number of aromatic nitrogens is 1. The second-order valence-corrected chi connectivity index (χ2v) is 9.30. The number of nitrogens with zero attached hydrogens (tertiary/aromatic N) is 2. The fourth-order valence-corrected chi connectivity index (χ4v) is 4.92. The number of benzene rings is 2. The number of aryl methyl sites for hydroxylation is 1. The maximum absolute atomic E-state index is 13.2. The predicted molar refractivity (Wildman–Crippen MR) is 132 cm³/mol. The number of nitrogens with one attached hydrogen (secondary N) is 2. The van der Waals surface area contributed by atoms with Crippen LogP contribution in [0.25, 0.3) is 10.9 Å². The molecular formula is C26H29ClN4O. The molecule has 0 radical (unpaired) electrons. The molecule has 1 amide bonds. The molecular weight excluding hydrogens is 420 g/mol. The Morgan fingerprint density at radius 1 is 1.16 bits per heavy atom. The minimum Gasteiger partial charge on any atom is -0.371 e. The maximum atomic E-state index is 13.2. The first-order valence-electron chi connectivity index (χ1n) is 11.6. The molecule has 0 spiro atoms. The summed E-state index contributed by atoms with van der Waals surface area (Å²) >= 11 is 6.05. The summed E-state index contributed by atoms with van der Waals surface area (Å²) in [6.45, 7) is 5.81. The standard InChI is InChI=1S/C26H29ClN4O/c1-2-4-19-14-25(31-11-3-12-31)21-13-20(9-10-24(21)29-19)30-26(32)23-16-28-15-22(23)17-5-7-18(27)8-6-17/h5-10,13-14,22-23,28H,2-4,11-12,15-16H2,1H3,(H,30,32). The molecule has 2 unspecified atom stereocenters. The van der Waals surface area contributed by atoms with Crippen LogP contribution in [0, 0.1) is 5.92 Å². The minimum absolute atomic E-state index is 0.0513. The van der Waals surface area contributed by atoms with Crippen LogP contribution in [-0.2, 0) is 11.2 Å². The Morgan fingerprint density at radius 2 is 1.97 bits per heavy atom. The summed E-state index contributed by atoms with van der Waals surface area (Å²) in [6.07, 6.45) is 3.29. The van der Waals surface area contributed by atoms with E-state index in [1.807, 2.05) is 36.4 Å². The average Bonchev–Trinajstić information content (AvgIpc) is 3.24. The molecule has 166 valence electrons. The minimum atomic E-state index is -0.119. The van der Waals surface area contributed by atoms with Crippen molar-refractivity contribution in [2.45, 2.75) is 32.1 Å². The van der Waals surface area contributed by atoms with E-state index in [-0.39, 0.29) is 17.7 Å². The number of hydrogen-bond acceptors (Lipinski definition) is 4. The maximum Gasteiger partial charge on any atom is 0.229 e. The highest BCUT2D eigenvalue weighted by molar-refractivity contribution is 6.30. The van der Waals surface area contributed by atoms with Crippen LogP contribution in [0.1, 0.15) is 36.9 Å². The average molecular weight is 449 g/mol. The van der Waals surface area contributed by atoms with E-state index in [9.17, 15) is 4.79 Å². The summed E-state index contributed by atoms with van der Waals surface area (Å²) in [4.78, 5) is 20.5. The molecule has 5 nitrogen and oxygen atoms in total. The third-order valence-electron chi connectivity index (χ3n) is 6.66. The normalized spacial score (nSPS) is 20.4. The highest BCUT2D eigenvalue weighted by Gasteiger charge is 2.34. The van der Waals surface area contributed by atoms with Crippen LogP contribution < -0.4 is 15.5 Å². The van der Waals surface area contributed by atoms with Gasteiger partial charge in [-0.2, -0.15) is 0 Å². The third kappa shape index (κ3) is 4.19. The highest BCUT2D eigenvalue weighted by atomic mass is 35.5. The van der Waals surface area contributed by atoms with Crippen LogP contribution >= 0.6 is 11.6 Å². The lowest BCUT2D eigenvalue weighted by Gasteiger charge is -2.34. The van der Waals surface area contributed by atoms with Gasteiger partial charge in [0.15, 0.2) is 0 Å². The van der Waals surface area contributed by atoms with E-state index < -0.39 is 0 Å². The molecule has 6 heteroatoms. The van der Waals surface area contributed by atoms with E-state index in [1.165, 1.54) is 12.1 Å². The predicted octanol–water partition coefficient (Wildman–Crippen LogP) is 4.99. The van der Waals surface area contributed by atoms with Gasteiger partial charge in [0.2, 0.25) is 5.91 Å². The van der Waals surface area contributed by atoms with E-state index in [1.54, 1.807) is 0 Å². The van der Waals surface area contributed by atoms with E-state index in [2.05, 4.69) is 34.6 Å². The first kappa shape index (κ1) is 21.2. The molecule has 2 atom stereocenters. The summed E-state index contributed by atoms with van der Waals surface area (Å²) in [5.41, 5.74) is 5.35. The van der Waals surface area contributed by atoms with Gasteiger partial charge < -0.3 is 15.5 Å². The summed E-state index contributed by atoms with van der Waals surface area (Å²) in [5, 5.41) is 8.38. The SMILES string of the molecule is CCCc1cc(N2CCC2)c2cc(NC(=O)C3CNCC3c3ccc(Cl)cc3)ccc2n1. The Kier molecular flexibility index (Phi) is 6.03. The molecule has 2 aliphatic heterocycles. The largest absolute Gasteiger partial charge is 0.371 e. The van der Waals surface area contributed by atoms with Crippen LogP contribution in [0.2, 0.25) is 5.02 Å². The van der Waals surface area contributed by atoms with Crippen molar-refractivity contribution in [3.05, 3.63) is 64.8 Å². The van der Waals surface area contributed by atoms with Crippen molar-refractivity contribution in [1.82, 2.24) is 10.3 Å². The molecule has 5 rings (SSSR count). The zero-order valence-electron chi connectivity index (χ0n) is 18.4. The number of pyridine rings is 1. The number of rotatable bonds is 6. The molecule has 2 fully saturated rings. The van der Waals surface area contributed by atoms with E-state index in [4.69, 9.17) is 16.6 Å². The van der Waals surface area contributed by atoms with E-state index in [0.717, 1.165) is 60.3 Å². The van der Waals surface area contributed by atoms with E-state index in [0.29, 0.717) is 11.6 Å². The molecule has 0 bridgehead atoms. The van der Waals surface area contributed by atoms with Gasteiger partial charge in [-0.25, -0.2) is 0 Å². The fraction of sp³-hybridized carbons (Fsp3) is 0.385. The molecule has 3 aromatic rings. The number of hydrogen-bond donors (Lipinski definition) is 2. The number of halogens is 1. The van der Waals surface area contributed by atoms with Gasteiger partial charge in [0.1, 0.15) is 0 Å². The van der Waals surface area contributed by atoms with Crippen LogP contribution in [0.15, 0.2) is 48.5 Å². The van der Waals surface area contributed by atoms with Gasteiger partial charge in [-0.15, -0.1) is 0 Å². The third-order valence-corrected chi connectivity index (χ3v) is 6.91. The molecule has 2 aliphatic rings. The van der Waals surface area contributed by atoms with E-state index >= 15 is 0 Å². The summed E-state index contributed by atoms with van der Waals surface area (Å²) in [6, 6.07) is 16.2. The van der Waals surface area contributed by atoms with Crippen molar-refractivity contribution in [2.24, 2.45) is 5.92 Å². The summed E-state index contributed by atoms with van der Waals surface area (Å²) in [7, 11) is 0. The van der Waals surface area contributed by atoms with Crippen molar-refractivity contribution < 1.29 is 4.79 Å². The molecule has 2 saturated heterocycles. The lowest BCUT2D eigenvalue weighted by molar-refractivity contribution is -0.119. The first-order chi connectivity index (χ1) is 15.6. The van der Waals surface area contributed by atoms with Crippen molar-refractivity contribution in [1.29, 1.82) is 0 Å². The number of carbonyl (C=O) groups is 1. The zero-order chi connectivity index (χ0) is 22.1. The van der Waals surface area contributed by atoms with Crippen molar-refractivity contribution in [2.75, 3.05) is 36.4 Å². The lowest BCUT2D eigenvalue weighted by atomic mass is 9.88. The smallest absolute Gasteiger partial charge is 0.229 e. The molecule has 2 aromatic carbocycles. The summed E-state index contributed by atoms with van der Waals surface area (Å²) < 4.78 is 0. The van der Waals surface area contributed by atoms with Gasteiger partial charge in [0.25, 0.3) is 0 Å². The topological polar surface area (TPSA) is 57.3 Å². The van der Waals surface area contributed by atoms with Gasteiger partial charge >= 0.3 is 0 Å². The van der Waals surface area contributed by atoms with Gasteiger partial charge in [0, 0.05) is 59.6 Å². The molecule has 1 aromatic heterocycles. The Morgan fingerprint density at radius 3 is 2.69 bits per heavy atom. The van der Waals surface area contributed by atoms with Gasteiger partial charge in [-0.3, -0.25) is 9.78 Å². The molecule has 0 saturated carbocycles. The second-order valence-electron chi connectivity index (χ2n) is 8.87. The number of fused-ring (bicyclic) bond motifs is 1. The Bertz CT molecular complexity index is 1130. The molecule has 0 aliphatic carbocycles. The van der Waals surface area contributed by atoms with Crippen LogP contribution in [0.5, 0.6) is 0 Å². The molecule has 2 N–H and O–H groups in total. The van der Waals surface area contributed by atoms with Crippen molar-refractivity contribution in [3.63, 3.8) is 0 Å². The highest BCUT2D eigenvalue weighted by Crippen LogP contribution is 2.34. The fourth-order valence-electron chi connectivity index (χ4n) is 4.79. The second kappa shape index (κ2) is 9.08. The van der Waals surface area contributed by atoms with Crippen molar-refractivity contribution >= 4 is 39.8 Å². The van der Waals surface area contributed by atoms with Gasteiger partial charge in [0.05, 0.1) is 11.4 Å². The number of carbonyl (C=O) groups excluding carboxylic acids is 1. The quantitative estimate of drug-likeness (QED) is 0.557. The monoisotopic (exact) mass is 448 g/mol. The van der Waals surface area contributed by atoms with Crippen LogP contribution in [0.3, 0.4) is 0 Å². The van der Waals surface area contributed by atoms with Gasteiger partial charge in [-0.05, 0) is 54.8 Å². The van der Waals surface area contributed by atoms with Crippen LogP contribution in [-0.4, -0.2) is 37.1 Å². The Labute approximate surface area is 194 Å². The lowest BCUT2D eigenvalue weighted by Crippen LogP contribution is -2.37. The Hall–Kier alpha value is -2.63. The number of amides is 1. The summed E-state index contributed by atoms with van der Waals surface area (Å²) in [5.74, 6) is 0.0739. The van der Waals surface area contributed by atoms with Gasteiger partial charge in [-0.1, -0.05) is 37.1 Å². The molecule has 3 heterocycles. The van der Waals surface area contributed by atoms with Crippen LogP contribution in [0.4, 0.5) is 11.4 Å². The number of anilines is 2. The zero-order valence-corrected chi connectivity index (χ0v) is 19.2. The Balaban J connectivity index is 1.40. The molecule has 32 heavy (non-hydrogen) atoms.